The largest absolute Gasteiger partial charge is 0.416 e. The lowest BCUT2D eigenvalue weighted by Gasteiger charge is -2.35. The van der Waals surface area contributed by atoms with E-state index in [0.29, 0.717) is 19.6 Å². The molecule has 4 nitrogen and oxygen atoms in total. The molecule has 1 aliphatic heterocycles. The van der Waals surface area contributed by atoms with Crippen LogP contribution in [0.1, 0.15) is 11.1 Å². The number of piperazine rings is 1. The van der Waals surface area contributed by atoms with Gasteiger partial charge in [-0.3, -0.25) is 9.69 Å². The van der Waals surface area contributed by atoms with Crippen LogP contribution in [-0.4, -0.2) is 43.5 Å². The molecule has 1 heterocycles. The third kappa shape index (κ3) is 3.74. The minimum absolute atomic E-state index is 0.107. The first-order valence-corrected chi connectivity index (χ1v) is 6.75. The number of carbonyl (C=O) groups excluding carboxylic acids is 1. The van der Waals surface area contributed by atoms with Gasteiger partial charge in [-0.25, -0.2) is 0 Å². The average molecular weight is 301 g/mol. The van der Waals surface area contributed by atoms with Gasteiger partial charge in [0.1, 0.15) is 6.04 Å². The van der Waals surface area contributed by atoms with E-state index in [2.05, 4.69) is 10.6 Å². The van der Waals surface area contributed by atoms with Gasteiger partial charge in [-0.2, -0.15) is 13.2 Å². The number of benzene rings is 1. The average Bonchev–Trinajstić information content (AvgIpc) is 2.46. The Kier molecular flexibility index (Phi) is 4.84. The van der Waals surface area contributed by atoms with Crippen LogP contribution in [-0.2, 0) is 17.5 Å². The van der Waals surface area contributed by atoms with Gasteiger partial charge in [-0.15, -0.1) is 0 Å². The molecule has 0 aliphatic carbocycles. The normalized spacial score (nSPS) is 20.3. The summed E-state index contributed by atoms with van der Waals surface area (Å²) < 4.78 is 39.0. The number of alkyl halides is 3. The quantitative estimate of drug-likeness (QED) is 0.882. The van der Waals surface area contributed by atoms with Gasteiger partial charge in [0.25, 0.3) is 0 Å². The maximum Gasteiger partial charge on any atom is 0.416 e. The highest BCUT2D eigenvalue weighted by atomic mass is 19.4. The number of hydrogen-bond acceptors (Lipinski definition) is 3. The van der Waals surface area contributed by atoms with E-state index in [0.717, 1.165) is 6.07 Å². The first kappa shape index (κ1) is 15.8. The van der Waals surface area contributed by atoms with Gasteiger partial charge in [0, 0.05) is 33.2 Å². The van der Waals surface area contributed by atoms with Crippen molar-refractivity contribution in [1.29, 1.82) is 0 Å². The van der Waals surface area contributed by atoms with Crippen LogP contribution in [0.4, 0.5) is 13.2 Å². The van der Waals surface area contributed by atoms with Crippen LogP contribution in [0.3, 0.4) is 0 Å². The molecule has 1 amide bonds. The number of hydrogen-bond donors (Lipinski definition) is 2. The van der Waals surface area contributed by atoms with Crippen LogP contribution >= 0.6 is 0 Å². The van der Waals surface area contributed by atoms with Gasteiger partial charge < -0.3 is 10.6 Å². The molecule has 0 aromatic heterocycles. The Balaban J connectivity index is 2.22. The Morgan fingerprint density at radius 3 is 2.81 bits per heavy atom. The summed E-state index contributed by atoms with van der Waals surface area (Å²) in [5.41, 5.74) is -0.444. The molecule has 1 saturated heterocycles. The number of halogens is 3. The smallest absolute Gasteiger partial charge is 0.358 e. The second-order valence-corrected chi connectivity index (χ2v) is 4.96. The topological polar surface area (TPSA) is 44.4 Å². The van der Waals surface area contributed by atoms with Crippen molar-refractivity contribution < 1.29 is 18.0 Å². The highest BCUT2D eigenvalue weighted by molar-refractivity contribution is 5.81. The summed E-state index contributed by atoms with van der Waals surface area (Å²) in [5, 5.41) is 5.64. The van der Waals surface area contributed by atoms with Gasteiger partial charge in [-0.1, -0.05) is 18.2 Å². The third-order valence-corrected chi connectivity index (χ3v) is 3.60. The summed E-state index contributed by atoms with van der Waals surface area (Å²) in [5.74, 6) is -0.188. The molecule has 7 heteroatoms. The Hall–Kier alpha value is -1.60. The Morgan fingerprint density at radius 2 is 2.14 bits per heavy atom. The van der Waals surface area contributed by atoms with Crippen LogP contribution in [0.5, 0.6) is 0 Å². The van der Waals surface area contributed by atoms with Crippen molar-refractivity contribution in [3.05, 3.63) is 35.4 Å². The van der Waals surface area contributed by atoms with Crippen molar-refractivity contribution in [2.24, 2.45) is 0 Å². The van der Waals surface area contributed by atoms with E-state index < -0.39 is 17.8 Å². The lowest BCUT2D eigenvalue weighted by molar-refractivity contribution is -0.138. The number of nitrogens with one attached hydrogen (secondary N) is 2. The summed E-state index contributed by atoms with van der Waals surface area (Å²) >= 11 is 0. The summed E-state index contributed by atoms with van der Waals surface area (Å²) in [7, 11) is 1.53. The Bertz CT molecular complexity index is 504. The second kappa shape index (κ2) is 6.44. The fourth-order valence-corrected chi connectivity index (χ4v) is 2.51. The zero-order valence-electron chi connectivity index (χ0n) is 11.7. The molecule has 1 aromatic carbocycles. The molecule has 1 aromatic rings. The minimum Gasteiger partial charge on any atom is -0.358 e. The summed E-state index contributed by atoms with van der Waals surface area (Å²) in [4.78, 5) is 13.6. The first-order valence-electron chi connectivity index (χ1n) is 6.75. The number of amides is 1. The van der Waals surface area contributed by atoms with Crippen molar-refractivity contribution in [3.63, 3.8) is 0 Å². The zero-order chi connectivity index (χ0) is 15.5. The molecular formula is C14H18F3N3O. The highest BCUT2D eigenvalue weighted by Crippen LogP contribution is 2.32. The van der Waals surface area contributed by atoms with E-state index in [4.69, 9.17) is 0 Å². The summed E-state index contributed by atoms with van der Waals surface area (Å²) in [6.07, 6.45) is -4.38. The SMILES string of the molecule is CNC(=O)C1CNCCN1Cc1ccccc1C(F)(F)F. The summed E-state index contributed by atoms with van der Waals surface area (Å²) in [6, 6.07) is 5.05. The van der Waals surface area contributed by atoms with Crippen LogP contribution < -0.4 is 10.6 Å². The van der Waals surface area contributed by atoms with Crippen LogP contribution in [0.15, 0.2) is 24.3 Å². The Morgan fingerprint density at radius 1 is 1.43 bits per heavy atom. The van der Waals surface area contributed by atoms with E-state index in [1.165, 1.54) is 19.2 Å². The fourth-order valence-electron chi connectivity index (χ4n) is 2.51. The van der Waals surface area contributed by atoms with Gasteiger partial charge >= 0.3 is 6.18 Å². The van der Waals surface area contributed by atoms with Crippen molar-refractivity contribution >= 4 is 5.91 Å². The fraction of sp³-hybridized carbons (Fsp3) is 0.500. The molecule has 1 unspecified atom stereocenters. The molecule has 1 fully saturated rings. The van der Waals surface area contributed by atoms with Crippen LogP contribution in [0, 0.1) is 0 Å². The molecule has 1 aliphatic rings. The van der Waals surface area contributed by atoms with Crippen molar-refractivity contribution in [2.45, 2.75) is 18.8 Å². The highest BCUT2D eigenvalue weighted by Gasteiger charge is 2.35. The zero-order valence-corrected chi connectivity index (χ0v) is 11.7. The van der Waals surface area contributed by atoms with E-state index >= 15 is 0 Å². The van der Waals surface area contributed by atoms with Crippen LogP contribution in [0.2, 0.25) is 0 Å². The molecule has 21 heavy (non-hydrogen) atoms. The van der Waals surface area contributed by atoms with Crippen molar-refractivity contribution in [1.82, 2.24) is 15.5 Å². The summed E-state index contributed by atoms with van der Waals surface area (Å²) in [6.45, 7) is 1.73. The monoisotopic (exact) mass is 301 g/mol. The molecule has 116 valence electrons. The lowest BCUT2D eigenvalue weighted by Crippen LogP contribution is -2.57. The van der Waals surface area contributed by atoms with Crippen LogP contribution in [0.25, 0.3) is 0 Å². The van der Waals surface area contributed by atoms with E-state index in [1.54, 1.807) is 11.0 Å². The molecule has 2 N–H and O–H groups in total. The molecule has 0 radical (unpaired) electrons. The first-order chi connectivity index (χ1) is 9.93. The Labute approximate surface area is 121 Å². The van der Waals surface area contributed by atoms with E-state index in [9.17, 15) is 18.0 Å². The molecule has 0 bridgehead atoms. The molecular weight excluding hydrogens is 283 g/mol. The third-order valence-electron chi connectivity index (χ3n) is 3.60. The maximum absolute atomic E-state index is 13.0. The van der Waals surface area contributed by atoms with E-state index in [1.807, 2.05) is 0 Å². The molecule has 1 atom stereocenters. The number of rotatable bonds is 3. The standard InChI is InChI=1S/C14H18F3N3O/c1-18-13(21)12-8-19-6-7-20(12)9-10-4-2-3-5-11(10)14(15,16)17/h2-5,12,19H,6-9H2,1H3,(H,18,21). The number of likely N-dealkylation sites (N-methyl/N-ethyl adjacent to an activating group) is 1. The molecule has 0 spiro atoms. The number of carbonyl (C=O) groups is 1. The van der Waals surface area contributed by atoms with Gasteiger partial charge in [-0.05, 0) is 11.6 Å². The number of nitrogens with zero attached hydrogens (tertiary/aromatic N) is 1. The predicted octanol–water partition coefficient (Wildman–Crippen LogP) is 1.23. The van der Waals surface area contributed by atoms with Gasteiger partial charge in [0.2, 0.25) is 5.91 Å². The molecule has 0 saturated carbocycles. The predicted molar refractivity (Wildman–Crippen MR) is 72.6 cm³/mol. The maximum atomic E-state index is 13.0. The minimum atomic E-state index is -4.38. The van der Waals surface area contributed by atoms with Gasteiger partial charge in [0.05, 0.1) is 5.56 Å². The molecule has 2 rings (SSSR count). The lowest BCUT2D eigenvalue weighted by atomic mass is 10.0. The van der Waals surface area contributed by atoms with Crippen molar-refractivity contribution in [2.75, 3.05) is 26.7 Å². The van der Waals surface area contributed by atoms with Gasteiger partial charge in [0.15, 0.2) is 0 Å². The second-order valence-electron chi connectivity index (χ2n) is 4.96. The van der Waals surface area contributed by atoms with Crippen molar-refractivity contribution in [3.8, 4) is 0 Å². The van der Waals surface area contributed by atoms with E-state index in [-0.39, 0.29) is 18.0 Å².